The molecule has 1 amide bonds. The number of fused-ring (bicyclic) bond motifs is 2. The standard InChI is InChI=1S/C24H28N4O6/c1-4-28(14-23(29)25-15-6-7-18-21(10-15)34-9-5-8-33-18)13-22-26-17-12-20(32-3)19(31-2)11-16(17)24(30)27-22/h6-7,10-12H,4-5,8-9,13-14H2,1-3H3,(H,25,29)(H,26,27,30). The first-order valence-corrected chi connectivity index (χ1v) is 11.1. The van der Waals surface area contributed by atoms with Gasteiger partial charge in [0.05, 0.1) is 51.4 Å². The fourth-order valence-electron chi connectivity index (χ4n) is 3.73. The molecule has 0 spiro atoms. The summed E-state index contributed by atoms with van der Waals surface area (Å²) in [6, 6.07) is 8.61. The van der Waals surface area contributed by atoms with Crippen LogP contribution >= 0.6 is 0 Å². The lowest BCUT2D eigenvalue weighted by Crippen LogP contribution is -2.33. The molecule has 0 fully saturated rings. The minimum absolute atomic E-state index is 0.124. The summed E-state index contributed by atoms with van der Waals surface area (Å²) in [4.78, 5) is 34.6. The van der Waals surface area contributed by atoms with Gasteiger partial charge in [0.25, 0.3) is 5.56 Å². The van der Waals surface area contributed by atoms with Crippen molar-refractivity contribution in [3.63, 3.8) is 0 Å². The van der Waals surface area contributed by atoms with Gasteiger partial charge in [0.2, 0.25) is 5.91 Å². The molecule has 180 valence electrons. The van der Waals surface area contributed by atoms with Crippen molar-refractivity contribution < 1.29 is 23.7 Å². The molecular weight excluding hydrogens is 440 g/mol. The molecule has 0 saturated carbocycles. The van der Waals surface area contributed by atoms with Gasteiger partial charge in [-0.3, -0.25) is 14.5 Å². The third kappa shape index (κ3) is 5.23. The minimum atomic E-state index is -0.284. The number of hydrogen-bond acceptors (Lipinski definition) is 8. The molecule has 0 unspecified atom stereocenters. The number of anilines is 1. The Hall–Kier alpha value is -3.79. The van der Waals surface area contributed by atoms with Crippen molar-refractivity contribution in [2.24, 2.45) is 0 Å². The Bertz CT molecular complexity index is 1240. The Morgan fingerprint density at radius 2 is 1.85 bits per heavy atom. The van der Waals surface area contributed by atoms with Crippen LogP contribution < -0.4 is 29.8 Å². The van der Waals surface area contributed by atoms with Gasteiger partial charge in [0, 0.05) is 24.2 Å². The normalized spacial score (nSPS) is 12.9. The van der Waals surface area contributed by atoms with E-state index in [0.29, 0.717) is 71.7 Å². The SMILES string of the molecule is CCN(CC(=O)Nc1ccc2c(c1)OCCCO2)Cc1nc2cc(OC)c(OC)cc2c(=O)[nH]1. The van der Waals surface area contributed by atoms with Crippen molar-refractivity contribution in [3.8, 4) is 23.0 Å². The van der Waals surface area contributed by atoms with Gasteiger partial charge < -0.3 is 29.2 Å². The highest BCUT2D eigenvalue weighted by Crippen LogP contribution is 2.32. The lowest BCUT2D eigenvalue weighted by Gasteiger charge is -2.19. The number of benzene rings is 2. The molecule has 34 heavy (non-hydrogen) atoms. The first-order chi connectivity index (χ1) is 16.5. The Morgan fingerprint density at radius 3 is 2.59 bits per heavy atom. The summed E-state index contributed by atoms with van der Waals surface area (Å²) >= 11 is 0. The predicted molar refractivity (Wildman–Crippen MR) is 127 cm³/mol. The number of nitrogens with zero attached hydrogens (tertiary/aromatic N) is 2. The van der Waals surface area contributed by atoms with Gasteiger partial charge in [0.1, 0.15) is 5.82 Å². The molecule has 1 aliphatic rings. The summed E-state index contributed by atoms with van der Waals surface area (Å²) in [5, 5.41) is 3.29. The van der Waals surface area contributed by atoms with Crippen LogP contribution in [0.5, 0.6) is 23.0 Å². The van der Waals surface area contributed by atoms with Crippen LogP contribution in [0.4, 0.5) is 5.69 Å². The molecule has 1 aliphatic heterocycles. The quantitative estimate of drug-likeness (QED) is 0.518. The molecule has 1 aromatic heterocycles. The van der Waals surface area contributed by atoms with E-state index in [1.165, 1.54) is 14.2 Å². The summed E-state index contributed by atoms with van der Waals surface area (Å²) in [5.41, 5.74) is 0.835. The summed E-state index contributed by atoms with van der Waals surface area (Å²) in [7, 11) is 3.04. The van der Waals surface area contributed by atoms with Gasteiger partial charge in [-0.15, -0.1) is 0 Å². The number of aromatic amines is 1. The number of likely N-dealkylation sites (N-methyl/N-ethyl adjacent to an activating group) is 1. The summed E-state index contributed by atoms with van der Waals surface area (Å²) in [6.45, 7) is 4.12. The average Bonchev–Trinajstić information content (AvgIpc) is 3.07. The zero-order chi connectivity index (χ0) is 24.1. The number of rotatable bonds is 8. The first-order valence-electron chi connectivity index (χ1n) is 11.1. The van der Waals surface area contributed by atoms with Crippen LogP contribution in [0.3, 0.4) is 0 Å². The van der Waals surface area contributed by atoms with E-state index in [0.717, 1.165) is 6.42 Å². The van der Waals surface area contributed by atoms with E-state index < -0.39 is 0 Å². The minimum Gasteiger partial charge on any atom is -0.493 e. The monoisotopic (exact) mass is 468 g/mol. The Morgan fingerprint density at radius 1 is 1.12 bits per heavy atom. The largest absolute Gasteiger partial charge is 0.493 e. The number of ether oxygens (including phenoxy) is 4. The van der Waals surface area contributed by atoms with Crippen molar-refractivity contribution in [2.75, 3.05) is 45.8 Å². The van der Waals surface area contributed by atoms with E-state index in [-0.39, 0.29) is 18.0 Å². The topological polar surface area (TPSA) is 115 Å². The number of hydrogen-bond donors (Lipinski definition) is 2. The molecule has 0 aliphatic carbocycles. The van der Waals surface area contributed by atoms with Crippen molar-refractivity contribution in [2.45, 2.75) is 19.9 Å². The summed E-state index contributed by atoms with van der Waals surface area (Å²) in [6.07, 6.45) is 0.813. The maximum Gasteiger partial charge on any atom is 0.258 e. The molecule has 2 aromatic carbocycles. The van der Waals surface area contributed by atoms with Gasteiger partial charge in [-0.2, -0.15) is 0 Å². The smallest absolute Gasteiger partial charge is 0.258 e. The molecule has 2 heterocycles. The fraction of sp³-hybridized carbons (Fsp3) is 0.375. The van der Waals surface area contributed by atoms with E-state index in [4.69, 9.17) is 18.9 Å². The van der Waals surface area contributed by atoms with Crippen LogP contribution in [0.2, 0.25) is 0 Å². The van der Waals surface area contributed by atoms with Crippen LogP contribution in [-0.2, 0) is 11.3 Å². The Balaban J connectivity index is 1.46. The van der Waals surface area contributed by atoms with Crippen LogP contribution in [0.1, 0.15) is 19.2 Å². The Kier molecular flexibility index (Phi) is 7.17. The molecule has 0 bridgehead atoms. The number of H-pyrrole nitrogens is 1. The zero-order valence-electron chi connectivity index (χ0n) is 19.5. The molecule has 0 radical (unpaired) electrons. The van der Waals surface area contributed by atoms with Crippen LogP contribution in [-0.4, -0.2) is 61.3 Å². The molecule has 3 aromatic rings. The van der Waals surface area contributed by atoms with Gasteiger partial charge in [0.15, 0.2) is 23.0 Å². The van der Waals surface area contributed by atoms with Gasteiger partial charge >= 0.3 is 0 Å². The second kappa shape index (κ2) is 10.4. The lowest BCUT2D eigenvalue weighted by atomic mass is 10.2. The highest BCUT2D eigenvalue weighted by Gasteiger charge is 2.16. The van der Waals surface area contributed by atoms with Gasteiger partial charge in [-0.1, -0.05) is 6.92 Å². The zero-order valence-corrected chi connectivity index (χ0v) is 19.5. The number of aromatic nitrogens is 2. The van der Waals surface area contributed by atoms with E-state index in [1.807, 2.05) is 11.8 Å². The Labute approximate surface area is 196 Å². The fourth-order valence-corrected chi connectivity index (χ4v) is 3.73. The van der Waals surface area contributed by atoms with Crippen molar-refractivity contribution in [3.05, 3.63) is 46.5 Å². The van der Waals surface area contributed by atoms with Crippen LogP contribution in [0, 0.1) is 0 Å². The number of nitrogens with one attached hydrogen (secondary N) is 2. The number of methoxy groups -OCH3 is 2. The molecule has 10 nitrogen and oxygen atoms in total. The first kappa shape index (κ1) is 23.4. The maximum atomic E-state index is 12.7. The third-order valence-corrected chi connectivity index (χ3v) is 5.48. The molecular formula is C24H28N4O6. The molecule has 0 saturated heterocycles. The van der Waals surface area contributed by atoms with Crippen molar-refractivity contribution >= 4 is 22.5 Å². The number of amides is 1. The summed E-state index contributed by atoms with van der Waals surface area (Å²) in [5.74, 6) is 2.50. The third-order valence-electron chi connectivity index (χ3n) is 5.48. The second-order valence-corrected chi connectivity index (χ2v) is 7.80. The van der Waals surface area contributed by atoms with Gasteiger partial charge in [-0.25, -0.2) is 4.98 Å². The van der Waals surface area contributed by atoms with E-state index in [2.05, 4.69) is 15.3 Å². The van der Waals surface area contributed by atoms with E-state index in [9.17, 15) is 9.59 Å². The van der Waals surface area contributed by atoms with E-state index in [1.54, 1.807) is 30.3 Å². The predicted octanol–water partition coefficient (Wildman–Crippen LogP) is 2.56. The van der Waals surface area contributed by atoms with Crippen LogP contribution in [0.25, 0.3) is 10.9 Å². The van der Waals surface area contributed by atoms with E-state index >= 15 is 0 Å². The van der Waals surface area contributed by atoms with Crippen LogP contribution in [0.15, 0.2) is 35.1 Å². The summed E-state index contributed by atoms with van der Waals surface area (Å²) < 4.78 is 21.9. The maximum absolute atomic E-state index is 12.7. The second-order valence-electron chi connectivity index (χ2n) is 7.80. The van der Waals surface area contributed by atoms with Crippen molar-refractivity contribution in [1.29, 1.82) is 0 Å². The lowest BCUT2D eigenvalue weighted by molar-refractivity contribution is -0.117. The average molecular weight is 469 g/mol. The molecule has 10 heteroatoms. The molecule has 4 rings (SSSR count). The molecule has 2 N–H and O–H groups in total. The van der Waals surface area contributed by atoms with Gasteiger partial charge in [-0.05, 0) is 24.7 Å². The number of carbonyl (C=O) groups is 1. The highest BCUT2D eigenvalue weighted by atomic mass is 16.5. The number of carbonyl (C=O) groups excluding carboxylic acids is 1. The molecule has 0 atom stereocenters. The highest BCUT2D eigenvalue weighted by molar-refractivity contribution is 5.92. The van der Waals surface area contributed by atoms with Crippen molar-refractivity contribution in [1.82, 2.24) is 14.9 Å².